The van der Waals surface area contributed by atoms with Gasteiger partial charge in [0.05, 0.1) is 19.8 Å². The first kappa shape index (κ1) is 29.4. The van der Waals surface area contributed by atoms with Gasteiger partial charge in [-0.2, -0.15) is 4.31 Å². The van der Waals surface area contributed by atoms with Crippen molar-refractivity contribution in [1.82, 2.24) is 14.5 Å². The van der Waals surface area contributed by atoms with Crippen LogP contribution in [-0.4, -0.2) is 92.9 Å². The third kappa shape index (κ3) is 6.03. The van der Waals surface area contributed by atoms with Crippen LogP contribution in [0, 0.1) is 0 Å². The van der Waals surface area contributed by atoms with Crippen molar-refractivity contribution in [3.63, 3.8) is 0 Å². The van der Waals surface area contributed by atoms with Gasteiger partial charge < -0.3 is 24.6 Å². The summed E-state index contributed by atoms with van der Waals surface area (Å²) in [5, 5.41) is 13.8. The van der Waals surface area contributed by atoms with Gasteiger partial charge in [-0.05, 0) is 67.0 Å². The molecule has 228 valence electrons. The second-order valence-electron chi connectivity index (χ2n) is 12.1. The summed E-state index contributed by atoms with van der Waals surface area (Å²) in [6, 6.07) is 12.4. The maximum absolute atomic E-state index is 14.0. The van der Waals surface area contributed by atoms with Gasteiger partial charge in [-0.3, -0.25) is 9.69 Å². The Kier molecular flexibility index (Phi) is 8.48. The van der Waals surface area contributed by atoms with E-state index in [1.807, 2.05) is 24.3 Å². The minimum Gasteiger partial charge on any atom is -0.497 e. The van der Waals surface area contributed by atoms with Gasteiger partial charge in [0.25, 0.3) is 0 Å². The topological polar surface area (TPSA) is 118 Å². The molecule has 0 bridgehead atoms. The normalized spacial score (nSPS) is 26.9. The van der Waals surface area contributed by atoms with Crippen molar-refractivity contribution in [2.75, 3.05) is 46.6 Å². The third-order valence-electron chi connectivity index (χ3n) is 9.39. The van der Waals surface area contributed by atoms with Gasteiger partial charge in [-0.15, -0.1) is 0 Å². The van der Waals surface area contributed by atoms with Gasteiger partial charge in [0.1, 0.15) is 22.4 Å². The first-order valence-electron chi connectivity index (χ1n) is 15.0. The number of carbonyl (C=O) groups excluding carboxylic acids is 1. The van der Waals surface area contributed by atoms with Crippen LogP contribution in [0.25, 0.3) is 0 Å². The molecule has 11 heteroatoms. The lowest BCUT2D eigenvalue weighted by molar-refractivity contribution is -0.127. The van der Waals surface area contributed by atoms with Crippen LogP contribution in [0.3, 0.4) is 0 Å². The monoisotopic (exact) mass is 599 g/mol. The molecule has 2 aromatic carbocycles. The number of carbonyl (C=O) groups is 1. The van der Waals surface area contributed by atoms with E-state index in [4.69, 9.17) is 14.2 Å². The largest absolute Gasteiger partial charge is 0.497 e. The summed E-state index contributed by atoms with van der Waals surface area (Å²) in [7, 11) is -2.44. The molecule has 1 amide bonds. The van der Waals surface area contributed by atoms with Gasteiger partial charge in [-0.1, -0.05) is 18.2 Å². The molecule has 4 aliphatic heterocycles. The zero-order valence-corrected chi connectivity index (χ0v) is 25.0. The van der Waals surface area contributed by atoms with Crippen molar-refractivity contribution >= 4 is 15.9 Å². The molecule has 2 N–H and O–H groups in total. The number of ether oxygens (including phenoxy) is 3. The lowest BCUT2D eigenvalue weighted by atomic mass is 9.84. The van der Waals surface area contributed by atoms with Crippen LogP contribution in [0.2, 0.25) is 0 Å². The fourth-order valence-electron chi connectivity index (χ4n) is 6.82. The summed E-state index contributed by atoms with van der Waals surface area (Å²) >= 11 is 0. The van der Waals surface area contributed by atoms with Crippen molar-refractivity contribution in [2.24, 2.45) is 0 Å². The number of hydrogen-bond acceptors (Lipinski definition) is 8. The van der Waals surface area contributed by atoms with E-state index in [2.05, 4.69) is 22.3 Å². The van der Waals surface area contributed by atoms with E-state index < -0.39 is 27.7 Å². The average Bonchev–Trinajstić information content (AvgIpc) is 3.41. The van der Waals surface area contributed by atoms with Gasteiger partial charge >= 0.3 is 0 Å². The Bertz CT molecular complexity index is 1370. The zero-order valence-electron chi connectivity index (χ0n) is 24.2. The van der Waals surface area contributed by atoms with Crippen molar-refractivity contribution in [3.05, 3.63) is 53.6 Å². The van der Waals surface area contributed by atoms with Gasteiger partial charge in [0.15, 0.2) is 0 Å². The van der Waals surface area contributed by atoms with Crippen LogP contribution in [0.15, 0.2) is 47.4 Å². The molecular formula is C31H41N3O7S. The molecule has 2 atom stereocenters. The van der Waals surface area contributed by atoms with Crippen LogP contribution in [0.5, 0.6) is 11.5 Å². The van der Waals surface area contributed by atoms with Gasteiger partial charge in [0.2, 0.25) is 15.9 Å². The molecule has 3 fully saturated rings. The number of likely N-dealkylation sites (tertiary alicyclic amines) is 1. The van der Waals surface area contributed by atoms with Crippen molar-refractivity contribution in [2.45, 2.75) is 73.6 Å². The quantitative estimate of drug-likeness (QED) is 0.551. The number of rotatable bonds is 4. The van der Waals surface area contributed by atoms with Crippen LogP contribution in [0.1, 0.15) is 55.6 Å². The maximum Gasteiger partial charge on any atom is 0.247 e. The van der Waals surface area contributed by atoms with Crippen LogP contribution < -0.4 is 14.8 Å². The number of hydrogen-bond donors (Lipinski definition) is 2. The third-order valence-corrected chi connectivity index (χ3v) is 11.3. The Morgan fingerprint density at radius 1 is 1.05 bits per heavy atom. The molecule has 4 aliphatic rings. The Morgan fingerprint density at radius 3 is 2.50 bits per heavy atom. The Hall–Kier alpha value is -2.70. The number of sulfonamides is 1. The predicted molar refractivity (Wildman–Crippen MR) is 156 cm³/mol. The van der Waals surface area contributed by atoms with E-state index >= 15 is 0 Å². The number of aliphatic hydroxyl groups excluding tert-OH is 1. The van der Waals surface area contributed by atoms with Crippen molar-refractivity contribution in [1.29, 1.82) is 0 Å². The number of nitrogens with one attached hydrogen (secondary N) is 1. The summed E-state index contributed by atoms with van der Waals surface area (Å²) in [4.78, 5) is 16.2. The molecule has 3 saturated heterocycles. The lowest BCUT2D eigenvalue weighted by Crippen LogP contribution is -2.59. The highest BCUT2D eigenvalue weighted by atomic mass is 32.2. The summed E-state index contributed by atoms with van der Waals surface area (Å²) in [5.41, 5.74) is 1.70. The molecule has 42 heavy (non-hydrogen) atoms. The summed E-state index contributed by atoms with van der Waals surface area (Å²) in [6.45, 7) is 3.89. The number of amides is 1. The Balaban J connectivity index is 1.25. The lowest BCUT2D eigenvalue weighted by Gasteiger charge is -2.43. The Labute approximate surface area is 248 Å². The fourth-order valence-corrected chi connectivity index (χ4v) is 8.57. The highest BCUT2D eigenvalue weighted by Gasteiger charge is 2.47. The van der Waals surface area contributed by atoms with Gasteiger partial charge in [-0.25, -0.2) is 8.42 Å². The van der Waals surface area contributed by atoms with E-state index in [1.54, 1.807) is 13.2 Å². The molecule has 4 heterocycles. The second kappa shape index (κ2) is 12.1. The molecule has 0 unspecified atom stereocenters. The number of aliphatic hydroxyl groups is 1. The minimum atomic E-state index is -4.09. The number of benzene rings is 2. The van der Waals surface area contributed by atoms with E-state index in [0.717, 1.165) is 56.6 Å². The SMILES string of the molecule is COc1ccc(CN2CCC3(CCOc4cc(C5CCOCC5)ccc4S(=O)(=O)N4C[C@H](O)C[C@H]4C(=O)N3)CC2)cc1. The summed E-state index contributed by atoms with van der Waals surface area (Å²) in [6.07, 6.45) is 2.91. The van der Waals surface area contributed by atoms with Crippen LogP contribution in [-0.2, 0) is 26.1 Å². The van der Waals surface area contributed by atoms with Crippen molar-refractivity contribution in [3.8, 4) is 11.5 Å². The van der Waals surface area contributed by atoms with E-state index in [0.29, 0.717) is 25.4 Å². The minimum absolute atomic E-state index is 0.0514. The molecule has 2 aromatic rings. The van der Waals surface area contributed by atoms with Crippen molar-refractivity contribution < 1.29 is 32.5 Å². The van der Waals surface area contributed by atoms with E-state index in [9.17, 15) is 18.3 Å². The number of fused-ring (bicyclic) bond motifs is 2. The second-order valence-corrected chi connectivity index (χ2v) is 13.9. The summed E-state index contributed by atoms with van der Waals surface area (Å²) in [5.74, 6) is 1.08. The number of nitrogens with zero attached hydrogens (tertiary/aromatic N) is 2. The molecule has 10 nitrogen and oxygen atoms in total. The highest BCUT2D eigenvalue weighted by Crippen LogP contribution is 2.38. The van der Waals surface area contributed by atoms with E-state index in [1.165, 1.54) is 9.87 Å². The number of piperidine rings is 1. The van der Waals surface area contributed by atoms with Crippen LogP contribution in [0.4, 0.5) is 0 Å². The first-order chi connectivity index (χ1) is 20.3. The summed E-state index contributed by atoms with van der Waals surface area (Å²) < 4.78 is 46.2. The van der Waals surface area contributed by atoms with E-state index in [-0.39, 0.29) is 36.3 Å². The number of methoxy groups -OCH3 is 1. The highest BCUT2D eigenvalue weighted by molar-refractivity contribution is 7.89. The molecule has 0 radical (unpaired) electrons. The predicted octanol–water partition coefficient (Wildman–Crippen LogP) is 2.65. The molecule has 0 saturated carbocycles. The zero-order chi connectivity index (χ0) is 29.3. The van der Waals surface area contributed by atoms with Crippen LogP contribution >= 0.6 is 0 Å². The molecule has 0 aliphatic carbocycles. The molecule has 1 spiro atoms. The fraction of sp³-hybridized carbons (Fsp3) is 0.581. The smallest absolute Gasteiger partial charge is 0.247 e. The average molecular weight is 600 g/mol. The first-order valence-corrected chi connectivity index (χ1v) is 16.4. The maximum atomic E-state index is 14.0. The molecule has 6 rings (SSSR count). The molecule has 0 aromatic heterocycles. The standard InChI is InChI=1S/C31H41N3O7S/c1-39-26-5-2-22(3-6-26)20-33-13-10-31(11-14-33)12-17-41-28-18-24(23-8-15-40-16-9-23)4-7-29(28)42(37,38)34-21-25(35)19-27(34)30(36)32-31/h2-7,18,23,25,27,35H,8-17,19-21H2,1H3,(H,32,36)/t25-,27+/m1/s1. The molecular weight excluding hydrogens is 558 g/mol. The Morgan fingerprint density at radius 2 is 1.79 bits per heavy atom. The van der Waals surface area contributed by atoms with Gasteiger partial charge in [0, 0.05) is 57.8 Å².